The van der Waals surface area contributed by atoms with Crippen molar-refractivity contribution in [1.82, 2.24) is 9.29 Å². The minimum absolute atomic E-state index is 0.512. The number of aromatic nitrogens is 1. The van der Waals surface area contributed by atoms with E-state index in [4.69, 9.17) is 5.73 Å². The van der Waals surface area contributed by atoms with Crippen LogP contribution in [-0.4, -0.2) is 50.1 Å². The van der Waals surface area contributed by atoms with Gasteiger partial charge in [-0.25, -0.2) is 13.4 Å². The zero-order chi connectivity index (χ0) is 11.8. The lowest BCUT2D eigenvalue weighted by molar-refractivity contribution is 0.388. The first kappa shape index (κ1) is 11.6. The van der Waals surface area contributed by atoms with Crippen molar-refractivity contribution in [3.05, 3.63) is 5.38 Å². The molecule has 8 heteroatoms. The third kappa shape index (κ3) is 2.45. The number of hydrogen-bond acceptors (Lipinski definition) is 6. The summed E-state index contributed by atoms with van der Waals surface area (Å²) in [6.07, 6.45) is 1.24. The van der Waals surface area contributed by atoms with E-state index in [2.05, 4.69) is 9.88 Å². The lowest BCUT2D eigenvalue weighted by Gasteiger charge is -2.32. The topological polar surface area (TPSA) is 79.5 Å². The van der Waals surface area contributed by atoms with Crippen LogP contribution >= 0.6 is 11.3 Å². The van der Waals surface area contributed by atoms with Crippen LogP contribution in [0.4, 0.5) is 10.9 Å². The van der Waals surface area contributed by atoms with Crippen LogP contribution in [0.5, 0.6) is 0 Å². The van der Waals surface area contributed by atoms with E-state index in [1.165, 1.54) is 21.9 Å². The average Bonchev–Trinajstić information content (AvgIpc) is 2.64. The van der Waals surface area contributed by atoms with E-state index in [1.54, 1.807) is 5.38 Å². The zero-order valence-electron chi connectivity index (χ0n) is 8.96. The summed E-state index contributed by atoms with van der Waals surface area (Å²) >= 11 is 1.49. The summed E-state index contributed by atoms with van der Waals surface area (Å²) in [5.41, 5.74) is 5.55. The fourth-order valence-corrected chi connectivity index (χ4v) is 3.23. The summed E-state index contributed by atoms with van der Waals surface area (Å²) in [6.45, 7) is 2.36. The van der Waals surface area contributed by atoms with Crippen molar-refractivity contribution in [2.24, 2.45) is 0 Å². The lowest BCUT2D eigenvalue weighted by atomic mass is 10.4. The van der Waals surface area contributed by atoms with E-state index in [9.17, 15) is 8.42 Å². The number of nitrogens with zero attached hydrogens (tertiary/aromatic N) is 3. The number of rotatable bonds is 2. The summed E-state index contributed by atoms with van der Waals surface area (Å²) in [5, 5.41) is 2.66. The molecule has 2 heterocycles. The Morgan fingerprint density at radius 1 is 1.38 bits per heavy atom. The number of hydrogen-bond donors (Lipinski definition) is 1. The van der Waals surface area contributed by atoms with E-state index in [1.807, 2.05) is 0 Å². The molecule has 0 saturated carbocycles. The Bertz CT molecular complexity index is 462. The van der Waals surface area contributed by atoms with Crippen molar-refractivity contribution in [2.45, 2.75) is 0 Å². The molecular formula is C8H14N4O2S2. The van der Waals surface area contributed by atoms with E-state index >= 15 is 0 Å². The number of piperazine rings is 1. The minimum atomic E-state index is -3.06. The highest BCUT2D eigenvalue weighted by molar-refractivity contribution is 7.88. The standard InChI is InChI=1S/C8H14N4O2S2/c1-16(13,14)12-4-2-11(3-5-12)8-10-7(9)6-15-8/h6H,2-5,9H2,1H3. The molecule has 0 spiro atoms. The molecule has 1 aliphatic rings. The normalized spacial score (nSPS) is 18.9. The van der Waals surface area contributed by atoms with Crippen LogP contribution in [0.1, 0.15) is 0 Å². The van der Waals surface area contributed by atoms with Gasteiger partial charge in [-0.15, -0.1) is 11.3 Å². The van der Waals surface area contributed by atoms with Gasteiger partial charge in [0.05, 0.1) is 6.26 Å². The second-order valence-electron chi connectivity index (χ2n) is 3.70. The molecule has 2 N–H and O–H groups in total. The Labute approximate surface area is 98.7 Å². The molecule has 0 radical (unpaired) electrons. The first-order valence-corrected chi connectivity index (χ1v) is 7.61. The Kier molecular flexibility index (Phi) is 3.04. The fraction of sp³-hybridized carbons (Fsp3) is 0.625. The van der Waals surface area contributed by atoms with Crippen LogP contribution in [0.25, 0.3) is 0 Å². The highest BCUT2D eigenvalue weighted by Crippen LogP contribution is 2.23. The van der Waals surface area contributed by atoms with Crippen LogP contribution in [0, 0.1) is 0 Å². The van der Waals surface area contributed by atoms with Crippen molar-refractivity contribution < 1.29 is 8.42 Å². The van der Waals surface area contributed by atoms with Crippen molar-refractivity contribution in [3.63, 3.8) is 0 Å². The van der Waals surface area contributed by atoms with Gasteiger partial charge in [0.1, 0.15) is 5.82 Å². The maximum atomic E-state index is 11.3. The van der Waals surface area contributed by atoms with Gasteiger partial charge in [0.2, 0.25) is 10.0 Å². The Hall–Kier alpha value is -0.860. The molecule has 0 aliphatic carbocycles. The molecule has 1 saturated heterocycles. The molecule has 2 rings (SSSR count). The quantitative estimate of drug-likeness (QED) is 0.799. The van der Waals surface area contributed by atoms with Crippen LogP contribution in [0.15, 0.2) is 5.38 Å². The smallest absolute Gasteiger partial charge is 0.211 e. The van der Waals surface area contributed by atoms with Gasteiger partial charge in [0.25, 0.3) is 0 Å². The van der Waals surface area contributed by atoms with Crippen molar-refractivity contribution in [3.8, 4) is 0 Å². The van der Waals surface area contributed by atoms with Crippen molar-refractivity contribution >= 4 is 32.3 Å². The van der Waals surface area contributed by atoms with E-state index < -0.39 is 10.0 Å². The second-order valence-corrected chi connectivity index (χ2v) is 6.52. The molecular weight excluding hydrogens is 248 g/mol. The maximum absolute atomic E-state index is 11.3. The maximum Gasteiger partial charge on any atom is 0.211 e. The summed E-state index contributed by atoms with van der Waals surface area (Å²) in [5.74, 6) is 0.519. The number of nitrogens with two attached hydrogens (primary N) is 1. The molecule has 0 bridgehead atoms. The van der Waals surface area contributed by atoms with Crippen molar-refractivity contribution in [1.29, 1.82) is 0 Å². The SMILES string of the molecule is CS(=O)(=O)N1CCN(c2nc(N)cs2)CC1. The number of nitrogen functional groups attached to an aromatic ring is 1. The predicted molar refractivity (Wildman–Crippen MR) is 65.2 cm³/mol. The van der Waals surface area contributed by atoms with Gasteiger partial charge < -0.3 is 10.6 Å². The molecule has 16 heavy (non-hydrogen) atoms. The molecule has 90 valence electrons. The van der Waals surface area contributed by atoms with Crippen molar-refractivity contribution in [2.75, 3.05) is 43.1 Å². The lowest BCUT2D eigenvalue weighted by Crippen LogP contribution is -2.48. The number of sulfonamides is 1. The molecule has 6 nitrogen and oxygen atoms in total. The fourth-order valence-electron chi connectivity index (χ4n) is 1.63. The van der Waals surface area contributed by atoms with Crippen LogP contribution in [0.2, 0.25) is 0 Å². The van der Waals surface area contributed by atoms with Gasteiger partial charge >= 0.3 is 0 Å². The molecule has 0 atom stereocenters. The van der Waals surface area contributed by atoms with E-state index in [-0.39, 0.29) is 0 Å². The van der Waals surface area contributed by atoms with Crippen LogP contribution < -0.4 is 10.6 Å². The molecule has 1 aliphatic heterocycles. The Balaban J connectivity index is 2.00. The van der Waals surface area contributed by atoms with Gasteiger partial charge in [-0.3, -0.25) is 0 Å². The van der Waals surface area contributed by atoms with Crippen LogP contribution in [0.3, 0.4) is 0 Å². The third-order valence-electron chi connectivity index (χ3n) is 2.49. The van der Waals surface area contributed by atoms with Crippen LogP contribution in [-0.2, 0) is 10.0 Å². The molecule has 1 fully saturated rings. The van der Waals surface area contributed by atoms with Gasteiger partial charge in [0, 0.05) is 31.6 Å². The van der Waals surface area contributed by atoms with Gasteiger partial charge in [0.15, 0.2) is 5.13 Å². The molecule has 1 aromatic rings. The largest absolute Gasteiger partial charge is 0.383 e. The monoisotopic (exact) mass is 262 g/mol. The molecule has 0 aromatic carbocycles. The number of anilines is 2. The zero-order valence-corrected chi connectivity index (χ0v) is 10.6. The summed E-state index contributed by atoms with van der Waals surface area (Å²) < 4.78 is 24.1. The van der Waals surface area contributed by atoms with Gasteiger partial charge in [-0.2, -0.15) is 4.31 Å². The third-order valence-corrected chi connectivity index (χ3v) is 4.71. The van der Waals surface area contributed by atoms with E-state index in [0.29, 0.717) is 32.0 Å². The second kappa shape index (κ2) is 4.19. The molecule has 1 aromatic heterocycles. The Morgan fingerprint density at radius 2 is 2.00 bits per heavy atom. The first-order chi connectivity index (χ1) is 7.47. The first-order valence-electron chi connectivity index (χ1n) is 4.88. The van der Waals surface area contributed by atoms with Gasteiger partial charge in [-0.1, -0.05) is 0 Å². The summed E-state index contributed by atoms with van der Waals surface area (Å²) in [7, 11) is -3.06. The summed E-state index contributed by atoms with van der Waals surface area (Å²) in [4.78, 5) is 6.23. The highest BCUT2D eigenvalue weighted by atomic mass is 32.2. The predicted octanol–water partition coefficient (Wildman–Crippen LogP) is -0.193. The molecule has 0 unspecified atom stereocenters. The molecule has 0 amide bonds. The minimum Gasteiger partial charge on any atom is -0.383 e. The summed E-state index contributed by atoms with van der Waals surface area (Å²) in [6, 6.07) is 0. The Morgan fingerprint density at radius 3 is 2.44 bits per heavy atom. The van der Waals surface area contributed by atoms with Gasteiger partial charge in [-0.05, 0) is 0 Å². The van der Waals surface area contributed by atoms with E-state index in [0.717, 1.165) is 5.13 Å². The number of thiazole rings is 1. The average molecular weight is 262 g/mol. The highest BCUT2D eigenvalue weighted by Gasteiger charge is 2.24.